The summed E-state index contributed by atoms with van der Waals surface area (Å²) in [5.74, 6) is 0.588. The highest BCUT2D eigenvalue weighted by Crippen LogP contribution is 2.33. The van der Waals surface area contributed by atoms with E-state index in [0.717, 1.165) is 12.8 Å². The third-order valence-electron chi connectivity index (χ3n) is 5.62. The lowest BCUT2D eigenvalue weighted by atomic mass is 9.89. The largest absolute Gasteiger partial charge is 0.387 e. The number of carbonyl (C=O) groups excluding carboxylic acids is 1. The molecule has 3 unspecified atom stereocenters. The molecule has 2 heterocycles. The third kappa shape index (κ3) is 6.16. The Kier molecular flexibility index (Phi) is 8.07. The van der Waals surface area contributed by atoms with Crippen LogP contribution in [0.2, 0.25) is 0 Å². The van der Waals surface area contributed by atoms with Crippen LogP contribution in [0, 0.1) is 17.7 Å². The summed E-state index contributed by atoms with van der Waals surface area (Å²) in [5, 5.41) is 14.1. The molecule has 1 aromatic carbocycles. The molecule has 0 radical (unpaired) electrons. The summed E-state index contributed by atoms with van der Waals surface area (Å²) in [6, 6.07) is 7.02. The molecule has 0 saturated carbocycles. The van der Waals surface area contributed by atoms with Crippen molar-refractivity contribution in [2.45, 2.75) is 64.1 Å². The molecule has 3 atom stereocenters. The number of rotatable bonds is 7. The molecule has 0 aliphatic carbocycles. The molecule has 27 heavy (non-hydrogen) atoms. The first-order valence-corrected chi connectivity index (χ1v) is 9.88. The van der Waals surface area contributed by atoms with Crippen LogP contribution in [0.1, 0.15) is 57.6 Å². The van der Waals surface area contributed by atoms with E-state index in [4.69, 9.17) is 0 Å². The molecule has 2 aliphatic heterocycles. The van der Waals surface area contributed by atoms with Crippen molar-refractivity contribution in [3.8, 4) is 0 Å². The first kappa shape index (κ1) is 22.1. The summed E-state index contributed by atoms with van der Waals surface area (Å²) >= 11 is 0. The fourth-order valence-corrected chi connectivity index (χ4v) is 4.44. The summed E-state index contributed by atoms with van der Waals surface area (Å²) in [6.07, 6.45) is 4.40. The SMILES string of the molecule is CC(C)CN(CC(O)c1ccc(F)cc1)C(=O)CC1CC2CCC(C1)N2.Cl. The lowest BCUT2D eigenvalue weighted by Gasteiger charge is -2.32. The standard InChI is InChI=1S/C21H31FN2O2.ClH/c1-14(2)12-24(13-20(25)16-3-5-17(22)6-4-16)21(26)11-15-9-18-7-8-19(10-15)23-18;/h3-6,14-15,18-20,23,25H,7-13H2,1-2H3;1H. The normalized spacial score (nSPS) is 25.1. The number of piperidine rings is 1. The van der Waals surface area contributed by atoms with E-state index < -0.39 is 6.10 Å². The number of hydrogen-bond donors (Lipinski definition) is 2. The van der Waals surface area contributed by atoms with Crippen LogP contribution in [0.25, 0.3) is 0 Å². The molecule has 2 saturated heterocycles. The maximum atomic E-state index is 13.1. The first-order chi connectivity index (χ1) is 12.4. The van der Waals surface area contributed by atoms with Crippen LogP contribution in [-0.4, -0.2) is 41.1 Å². The Balaban J connectivity index is 0.00000261. The summed E-state index contributed by atoms with van der Waals surface area (Å²) in [7, 11) is 0. The average molecular weight is 399 g/mol. The second-order valence-corrected chi connectivity index (χ2v) is 8.44. The Labute approximate surface area is 167 Å². The third-order valence-corrected chi connectivity index (χ3v) is 5.62. The predicted molar refractivity (Wildman–Crippen MR) is 107 cm³/mol. The molecule has 2 aliphatic rings. The quantitative estimate of drug-likeness (QED) is 0.736. The van der Waals surface area contributed by atoms with Gasteiger partial charge in [0.25, 0.3) is 0 Å². The Morgan fingerprint density at radius 1 is 1.19 bits per heavy atom. The molecule has 0 spiro atoms. The molecule has 1 aromatic rings. The van der Waals surface area contributed by atoms with Crippen LogP contribution in [-0.2, 0) is 4.79 Å². The van der Waals surface area contributed by atoms with Crippen LogP contribution in [0.5, 0.6) is 0 Å². The molecule has 2 fully saturated rings. The van der Waals surface area contributed by atoms with E-state index in [1.165, 1.54) is 25.0 Å². The number of benzene rings is 1. The minimum atomic E-state index is -0.789. The van der Waals surface area contributed by atoms with Gasteiger partial charge in [-0.15, -0.1) is 12.4 Å². The zero-order valence-electron chi connectivity index (χ0n) is 16.2. The highest BCUT2D eigenvalue weighted by atomic mass is 35.5. The predicted octanol–water partition coefficient (Wildman–Crippen LogP) is 3.69. The summed E-state index contributed by atoms with van der Waals surface area (Å²) < 4.78 is 13.1. The number of aliphatic hydroxyl groups excluding tert-OH is 1. The van der Waals surface area contributed by atoms with Gasteiger partial charge < -0.3 is 15.3 Å². The molecular formula is C21H32ClFN2O2. The molecular weight excluding hydrogens is 367 g/mol. The van der Waals surface area contributed by atoms with E-state index in [1.807, 2.05) is 0 Å². The van der Waals surface area contributed by atoms with Gasteiger partial charge in [0.1, 0.15) is 5.82 Å². The van der Waals surface area contributed by atoms with Crippen LogP contribution in [0.3, 0.4) is 0 Å². The maximum absolute atomic E-state index is 13.1. The van der Waals surface area contributed by atoms with Gasteiger partial charge in [-0.2, -0.15) is 0 Å². The molecule has 0 aromatic heterocycles. The maximum Gasteiger partial charge on any atom is 0.222 e. The van der Waals surface area contributed by atoms with Gasteiger partial charge in [-0.3, -0.25) is 4.79 Å². The van der Waals surface area contributed by atoms with Crippen LogP contribution in [0.15, 0.2) is 24.3 Å². The Morgan fingerprint density at radius 2 is 1.78 bits per heavy atom. The molecule has 4 nitrogen and oxygen atoms in total. The highest BCUT2D eigenvalue weighted by molar-refractivity contribution is 5.85. The lowest BCUT2D eigenvalue weighted by Crippen LogP contribution is -2.42. The molecule has 152 valence electrons. The molecule has 2 bridgehead atoms. The fourth-order valence-electron chi connectivity index (χ4n) is 4.44. The molecule has 6 heteroatoms. The van der Waals surface area contributed by atoms with Gasteiger partial charge in [0.05, 0.1) is 12.6 Å². The number of aliphatic hydroxyl groups is 1. The molecule has 1 amide bonds. The van der Waals surface area contributed by atoms with Gasteiger partial charge >= 0.3 is 0 Å². The van der Waals surface area contributed by atoms with Crippen molar-refractivity contribution in [2.75, 3.05) is 13.1 Å². The number of nitrogens with zero attached hydrogens (tertiary/aromatic N) is 1. The minimum Gasteiger partial charge on any atom is -0.387 e. The summed E-state index contributed by atoms with van der Waals surface area (Å²) in [6.45, 7) is 5.06. The zero-order chi connectivity index (χ0) is 18.7. The van der Waals surface area contributed by atoms with Crippen molar-refractivity contribution in [1.82, 2.24) is 10.2 Å². The number of carbonyl (C=O) groups is 1. The van der Waals surface area contributed by atoms with Gasteiger partial charge in [0.2, 0.25) is 5.91 Å². The number of hydrogen-bond acceptors (Lipinski definition) is 3. The lowest BCUT2D eigenvalue weighted by molar-refractivity contribution is -0.134. The fraction of sp³-hybridized carbons (Fsp3) is 0.667. The second kappa shape index (κ2) is 9.85. The van der Waals surface area contributed by atoms with Gasteiger partial charge in [-0.05, 0) is 55.2 Å². The number of fused-ring (bicyclic) bond motifs is 2. The van der Waals surface area contributed by atoms with Crippen molar-refractivity contribution in [3.05, 3.63) is 35.6 Å². The van der Waals surface area contributed by atoms with E-state index >= 15 is 0 Å². The molecule has 3 rings (SSSR count). The first-order valence-electron chi connectivity index (χ1n) is 9.88. The Morgan fingerprint density at radius 3 is 2.33 bits per heavy atom. The van der Waals surface area contributed by atoms with Crippen molar-refractivity contribution in [3.63, 3.8) is 0 Å². The number of nitrogens with one attached hydrogen (secondary N) is 1. The van der Waals surface area contributed by atoms with Gasteiger partial charge in [0, 0.05) is 25.0 Å². The Bertz CT molecular complexity index is 599. The smallest absolute Gasteiger partial charge is 0.222 e. The highest BCUT2D eigenvalue weighted by Gasteiger charge is 2.35. The van der Waals surface area contributed by atoms with Crippen molar-refractivity contribution >= 4 is 18.3 Å². The minimum absolute atomic E-state index is 0. The number of halogens is 2. The molecule has 2 N–H and O–H groups in total. The van der Waals surface area contributed by atoms with Crippen molar-refractivity contribution < 1.29 is 14.3 Å². The summed E-state index contributed by atoms with van der Waals surface area (Å²) in [5.41, 5.74) is 0.646. The average Bonchev–Trinajstić information content (AvgIpc) is 2.93. The topological polar surface area (TPSA) is 52.6 Å². The van der Waals surface area contributed by atoms with Gasteiger partial charge in [0.15, 0.2) is 0 Å². The van der Waals surface area contributed by atoms with E-state index in [-0.39, 0.29) is 30.7 Å². The van der Waals surface area contributed by atoms with E-state index in [0.29, 0.717) is 42.4 Å². The van der Waals surface area contributed by atoms with E-state index in [9.17, 15) is 14.3 Å². The van der Waals surface area contributed by atoms with E-state index in [2.05, 4.69) is 19.2 Å². The van der Waals surface area contributed by atoms with Gasteiger partial charge in [-0.25, -0.2) is 4.39 Å². The zero-order valence-corrected chi connectivity index (χ0v) is 17.1. The van der Waals surface area contributed by atoms with Crippen LogP contribution < -0.4 is 5.32 Å². The number of amides is 1. The Hall–Kier alpha value is -1.17. The van der Waals surface area contributed by atoms with Crippen molar-refractivity contribution in [1.29, 1.82) is 0 Å². The second-order valence-electron chi connectivity index (χ2n) is 8.44. The van der Waals surface area contributed by atoms with Crippen LogP contribution >= 0.6 is 12.4 Å². The van der Waals surface area contributed by atoms with Gasteiger partial charge in [-0.1, -0.05) is 26.0 Å². The summed E-state index contributed by atoms with van der Waals surface area (Å²) in [4.78, 5) is 14.7. The van der Waals surface area contributed by atoms with E-state index in [1.54, 1.807) is 17.0 Å². The van der Waals surface area contributed by atoms with Crippen molar-refractivity contribution in [2.24, 2.45) is 11.8 Å². The van der Waals surface area contributed by atoms with Crippen LogP contribution in [0.4, 0.5) is 4.39 Å². The monoisotopic (exact) mass is 398 g/mol.